The van der Waals surface area contributed by atoms with Gasteiger partial charge in [-0.3, -0.25) is 19.2 Å². The summed E-state index contributed by atoms with van der Waals surface area (Å²) in [6.45, 7) is -0.567. The predicted octanol–water partition coefficient (Wildman–Crippen LogP) is 1.07. The molecular weight excluding hydrogens is 502 g/mol. The second-order valence-corrected chi connectivity index (χ2v) is 8.94. The molecule has 0 fully saturated rings. The number of nitrogens with two attached hydrogens (primary N) is 1. The number of carbonyl (C=O) groups excluding carboxylic acids is 2. The molecule has 0 aliphatic heterocycles. The van der Waals surface area contributed by atoms with Gasteiger partial charge >= 0.3 is 11.9 Å². The molecule has 2 aromatic rings. The van der Waals surface area contributed by atoms with Crippen molar-refractivity contribution in [2.45, 2.75) is 35.0 Å². The van der Waals surface area contributed by atoms with Crippen LogP contribution in [-0.2, 0) is 19.2 Å². The molecule has 0 spiro atoms. The van der Waals surface area contributed by atoms with E-state index >= 15 is 0 Å². The molecule has 0 aliphatic carbocycles. The van der Waals surface area contributed by atoms with Gasteiger partial charge in [0.05, 0.1) is 0 Å². The predicted molar refractivity (Wildman–Crippen MR) is 131 cm³/mol. The molecule has 2 atom stereocenters. The topological polar surface area (TPSA) is 185 Å². The van der Waals surface area contributed by atoms with Crippen LogP contribution in [0.1, 0.15) is 12.8 Å². The molecule has 34 heavy (non-hydrogen) atoms. The van der Waals surface area contributed by atoms with E-state index in [4.69, 9.17) is 15.9 Å². The van der Waals surface area contributed by atoms with Crippen LogP contribution in [0, 0.1) is 0 Å². The molecule has 14 heteroatoms. The number of hydrogen-bond donors (Lipinski definition) is 6. The molecule has 0 radical (unpaired) electrons. The van der Waals surface area contributed by atoms with Crippen LogP contribution < -0.4 is 16.4 Å². The van der Waals surface area contributed by atoms with E-state index in [0.29, 0.717) is 0 Å². The third kappa shape index (κ3) is 13.0. The van der Waals surface area contributed by atoms with Gasteiger partial charge < -0.3 is 26.6 Å². The molecule has 0 aliphatic rings. The number of carbonyl (C=O) groups is 4. The number of pyridine rings is 2. The molecule has 2 heterocycles. The molecule has 0 bridgehead atoms. The van der Waals surface area contributed by atoms with Gasteiger partial charge in [-0.15, -0.1) is 0 Å². The van der Waals surface area contributed by atoms with Crippen molar-refractivity contribution >= 4 is 58.0 Å². The number of rotatable bonds is 12. The van der Waals surface area contributed by atoms with E-state index in [0.717, 1.165) is 10.1 Å². The van der Waals surface area contributed by atoms with Crippen LogP contribution in [0.2, 0.25) is 0 Å². The van der Waals surface area contributed by atoms with E-state index in [2.05, 4.69) is 33.2 Å². The maximum absolute atomic E-state index is 11.5. The first-order valence-electron chi connectivity index (χ1n) is 9.77. The van der Waals surface area contributed by atoms with Crippen LogP contribution in [0.15, 0.2) is 58.8 Å². The summed E-state index contributed by atoms with van der Waals surface area (Å²) in [4.78, 5) is 52.2. The Morgan fingerprint density at radius 2 is 1.56 bits per heavy atom. The molecule has 0 saturated carbocycles. The summed E-state index contributed by atoms with van der Waals surface area (Å²) >= 11 is 3.87. The lowest BCUT2D eigenvalue weighted by molar-refractivity contribution is -0.139. The van der Waals surface area contributed by atoms with Crippen LogP contribution >= 0.6 is 34.2 Å². The molecule has 2 rings (SSSR count). The molecule has 0 saturated heterocycles. The summed E-state index contributed by atoms with van der Waals surface area (Å²) in [5.41, 5.74) is 5.23. The molecule has 2 amide bonds. The average molecular weight is 528 g/mol. The molecule has 0 aromatic carbocycles. The van der Waals surface area contributed by atoms with Gasteiger partial charge in [0, 0.05) is 24.6 Å². The van der Waals surface area contributed by atoms with Gasteiger partial charge in [0.25, 0.3) is 0 Å². The molecule has 2 aromatic heterocycles. The normalized spacial score (nSPS) is 11.8. The van der Waals surface area contributed by atoms with Gasteiger partial charge in [0.1, 0.15) is 28.7 Å². The zero-order valence-electron chi connectivity index (χ0n) is 17.9. The smallest absolute Gasteiger partial charge is 0.322 e. The Bertz CT molecular complexity index is 884. The van der Waals surface area contributed by atoms with Crippen molar-refractivity contribution in [3.8, 4) is 0 Å². The van der Waals surface area contributed by atoms with Crippen LogP contribution in [0.25, 0.3) is 0 Å². The Labute approximate surface area is 209 Å². The summed E-state index contributed by atoms with van der Waals surface area (Å²) < 4.78 is 0. The number of aliphatic carboxylic acids is 2. The van der Waals surface area contributed by atoms with Crippen molar-refractivity contribution in [1.29, 1.82) is 0 Å². The highest BCUT2D eigenvalue weighted by atomic mass is 33.1. The molecule has 184 valence electrons. The van der Waals surface area contributed by atoms with Crippen LogP contribution in [0.3, 0.4) is 0 Å². The Hall–Kier alpha value is -2.81. The van der Waals surface area contributed by atoms with E-state index in [1.54, 1.807) is 34.0 Å². The zero-order valence-corrected chi connectivity index (χ0v) is 20.4. The number of carboxylic acids is 2. The summed E-state index contributed by atoms with van der Waals surface area (Å²) in [5, 5.41) is 23.4. The van der Waals surface area contributed by atoms with Crippen molar-refractivity contribution in [3.05, 3.63) is 48.8 Å². The second kappa shape index (κ2) is 16.7. The first-order valence-corrected chi connectivity index (χ1v) is 12.6. The molecule has 0 unspecified atom stereocenters. The summed E-state index contributed by atoms with van der Waals surface area (Å²) in [5.74, 6) is -3.70. The minimum absolute atomic E-state index is 0.0256. The highest BCUT2D eigenvalue weighted by molar-refractivity contribution is 8.76. The van der Waals surface area contributed by atoms with E-state index in [1.165, 1.54) is 0 Å². The zero-order chi connectivity index (χ0) is 25.3. The maximum Gasteiger partial charge on any atom is 0.322 e. The lowest BCUT2D eigenvalue weighted by atomic mass is 10.1. The largest absolute Gasteiger partial charge is 0.480 e. The number of thiol groups is 1. The lowest BCUT2D eigenvalue weighted by Gasteiger charge is -2.16. The standard InChI is InChI=1S/C10H17N3O6S.C10H8N2S2/c11-5(10(18)19)1-2-7(14)13-6(4-20)9(17)12-3-8(15)16;1-3-7-11-9(5-1)13-14-10-6-2-4-8-12-10/h5-6,20H,1-4,11H2,(H,12,17)(H,13,14)(H,15,16)(H,18,19);1-8H/t5-,6-;/m0./s1. The molecule has 11 nitrogen and oxygen atoms in total. The quantitative estimate of drug-likeness (QED) is 0.171. The van der Waals surface area contributed by atoms with E-state index in [-0.39, 0.29) is 18.6 Å². The fourth-order valence-corrected chi connectivity index (χ4v) is 4.04. The highest BCUT2D eigenvalue weighted by Crippen LogP contribution is 2.34. The Morgan fingerprint density at radius 1 is 1.00 bits per heavy atom. The SMILES string of the molecule is N[C@@H](CCC(=O)N[C@@H](CS)C(=O)NCC(=O)O)C(=O)O.c1ccc(SSc2ccccn2)nc1. The van der Waals surface area contributed by atoms with Crippen LogP contribution in [-0.4, -0.2) is 68.3 Å². The monoisotopic (exact) mass is 527 g/mol. The number of aromatic nitrogens is 2. The van der Waals surface area contributed by atoms with Crippen molar-refractivity contribution in [1.82, 2.24) is 20.6 Å². The minimum Gasteiger partial charge on any atom is -0.480 e. The fourth-order valence-electron chi connectivity index (χ4n) is 2.03. The molecule has 6 N–H and O–H groups in total. The first-order chi connectivity index (χ1) is 16.2. The van der Waals surface area contributed by atoms with E-state index in [1.807, 2.05) is 36.4 Å². The summed E-state index contributed by atoms with van der Waals surface area (Å²) in [6, 6.07) is 9.61. The minimum atomic E-state index is -1.22. The highest BCUT2D eigenvalue weighted by Gasteiger charge is 2.20. The van der Waals surface area contributed by atoms with E-state index in [9.17, 15) is 19.2 Å². The fraction of sp³-hybridized carbons (Fsp3) is 0.300. The lowest BCUT2D eigenvalue weighted by Crippen LogP contribution is -2.49. The van der Waals surface area contributed by atoms with Gasteiger partial charge in [-0.25, -0.2) is 9.97 Å². The third-order valence-electron chi connectivity index (χ3n) is 3.74. The second-order valence-electron chi connectivity index (χ2n) is 6.40. The summed E-state index contributed by atoms with van der Waals surface area (Å²) in [7, 11) is 3.23. The summed E-state index contributed by atoms with van der Waals surface area (Å²) in [6.07, 6.45) is 3.35. The van der Waals surface area contributed by atoms with Gasteiger partial charge in [0.2, 0.25) is 11.8 Å². The Balaban J connectivity index is 0.000000358. The van der Waals surface area contributed by atoms with Crippen molar-refractivity contribution in [2.24, 2.45) is 5.73 Å². The van der Waals surface area contributed by atoms with Gasteiger partial charge in [-0.1, -0.05) is 12.1 Å². The number of amides is 2. The van der Waals surface area contributed by atoms with Gasteiger partial charge in [-0.2, -0.15) is 12.6 Å². The van der Waals surface area contributed by atoms with Gasteiger partial charge in [0.15, 0.2) is 0 Å². The number of nitrogens with one attached hydrogen (secondary N) is 2. The molecular formula is C20H25N5O6S3. The first kappa shape index (κ1) is 29.2. The number of nitrogens with zero attached hydrogens (tertiary/aromatic N) is 2. The number of hydrogen-bond acceptors (Lipinski definition) is 10. The Morgan fingerprint density at radius 3 is 1.97 bits per heavy atom. The van der Waals surface area contributed by atoms with Crippen LogP contribution in [0.4, 0.5) is 0 Å². The van der Waals surface area contributed by atoms with Crippen molar-refractivity contribution in [3.63, 3.8) is 0 Å². The average Bonchev–Trinajstić information content (AvgIpc) is 2.84. The third-order valence-corrected chi connectivity index (χ3v) is 6.28. The Kier molecular flexibility index (Phi) is 14.4. The van der Waals surface area contributed by atoms with Crippen molar-refractivity contribution in [2.75, 3.05) is 12.3 Å². The van der Waals surface area contributed by atoms with Gasteiger partial charge in [-0.05, 0) is 52.3 Å². The maximum atomic E-state index is 11.5. The van der Waals surface area contributed by atoms with E-state index < -0.39 is 42.4 Å². The van der Waals surface area contributed by atoms with Crippen LogP contribution in [0.5, 0.6) is 0 Å². The van der Waals surface area contributed by atoms with Crippen molar-refractivity contribution < 1.29 is 29.4 Å². The number of carboxylic acid groups (broad SMARTS) is 2.